The van der Waals surface area contributed by atoms with Gasteiger partial charge in [-0.2, -0.15) is 18.3 Å². The van der Waals surface area contributed by atoms with Crippen LogP contribution >= 0.6 is 23.1 Å². The maximum Gasteiger partial charge on any atom is 0.433 e. The number of aliphatic imine (C=N–C) groups is 1. The molecule has 1 saturated heterocycles. The number of ether oxygens (including phenoxy) is 1. The van der Waals surface area contributed by atoms with Crippen molar-refractivity contribution in [2.45, 2.75) is 37.7 Å². The van der Waals surface area contributed by atoms with E-state index in [4.69, 9.17) is 10.5 Å². The van der Waals surface area contributed by atoms with Gasteiger partial charge in [0.15, 0.2) is 10.9 Å². The molecule has 4 heterocycles. The average molecular weight is 461 g/mol. The molecule has 0 unspecified atom stereocenters. The zero-order chi connectivity index (χ0) is 21.5. The van der Waals surface area contributed by atoms with Gasteiger partial charge in [0.05, 0.1) is 36.7 Å². The molecular formula is C17H19F3N6O2S2. The second-order valence-electron chi connectivity index (χ2n) is 7.22. The first-order valence-corrected chi connectivity index (χ1v) is 11.0. The van der Waals surface area contributed by atoms with Crippen molar-refractivity contribution in [1.82, 2.24) is 20.5 Å². The second kappa shape index (κ2) is 7.85. The minimum Gasteiger partial charge on any atom is -0.379 e. The number of thiazole rings is 1. The zero-order valence-corrected chi connectivity index (χ0v) is 17.5. The first-order chi connectivity index (χ1) is 14.2. The Morgan fingerprint density at radius 1 is 1.50 bits per heavy atom. The fourth-order valence-corrected chi connectivity index (χ4v) is 5.65. The molecule has 4 N–H and O–H groups in total. The third-order valence-corrected chi connectivity index (χ3v) is 7.16. The molecule has 2 aliphatic heterocycles. The van der Waals surface area contributed by atoms with Crippen LogP contribution in [0.3, 0.4) is 0 Å². The summed E-state index contributed by atoms with van der Waals surface area (Å²) in [6.45, 7) is 2.36. The second-order valence-corrected chi connectivity index (χ2v) is 9.12. The van der Waals surface area contributed by atoms with E-state index in [0.29, 0.717) is 17.5 Å². The Morgan fingerprint density at radius 3 is 3.07 bits per heavy atom. The van der Waals surface area contributed by atoms with Crippen LogP contribution in [0.5, 0.6) is 0 Å². The lowest BCUT2D eigenvalue weighted by atomic mass is 9.80. The third kappa shape index (κ3) is 3.93. The number of nitrogens with two attached hydrogens (primary N) is 1. The number of nitrogens with one attached hydrogen (secondary N) is 2. The number of rotatable bonds is 4. The van der Waals surface area contributed by atoms with Crippen molar-refractivity contribution in [1.29, 1.82) is 0 Å². The van der Waals surface area contributed by atoms with Crippen LogP contribution in [-0.2, 0) is 23.0 Å². The van der Waals surface area contributed by atoms with Gasteiger partial charge in [-0.15, -0.1) is 11.3 Å². The summed E-state index contributed by atoms with van der Waals surface area (Å²) < 4.78 is 44.7. The van der Waals surface area contributed by atoms with Gasteiger partial charge < -0.3 is 15.8 Å². The largest absolute Gasteiger partial charge is 0.433 e. The Labute approximate surface area is 177 Å². The number of hydrogen-bond acceptors (Lipinski definition) is 8. The number of nitrogens with zero attached hydrogens (tertiary/aromatic N) is 3. The van der Waals surface area contributed by atoms with E-state index < -0.39 is 28.9 Å². The molecule has 0 bridgehead atoms. The molecule has 3 atom stereocenters. The van der Waals surface area contributed by atoms with Gasteiger partial charge in [0.1, 0.15) is 10.5 Å². The molecular weight excluding hydrogens is 441 g/mol. The molecule has 0 aliphatic carbocycles. The van der Waals surface area contributed by atoms with Crippen LogP contribution in [0.15, 0.2) is 16.6 Å². The van der Waals surface area contributed by atoms with E-state index in [1.807, 2.05) is 12.0 Å². The fourth-order valence-electron chi connectivity index (χ4n) is 3.61. The Balaban J connectivity index is 1.50. The lowest BCUT2D eigenvalue weighted by molar-refractivity contribution is -0.141. The lowest BCUT2D eigenvalue weighted by Gasteiger charge is -2.44. The molecule has 0 saturated carbocycles. The smallest absolute Gasteiger partial charge is 0.379 e. The molecule has 1 amide bonds. The topological polar surface area (TPSA) is 118 Å². The quantitative estimate of drug-likeness (QED) is 0.645. The number of aromatic nitrogens is 3. The minimum absolute atomic E-state index is 0.0240. The standard InChI is InChI=1S/C17H19F3N6O2S2/c1-8-2-9-5-30-15(21)25-16(9,7-28-8)14-24-10(6-29-14)3-22-13(27)11-4-23-26-12(11)17(18,19)20/h4,6,8-9H,2-3,5,7H2,1H3,(H2,21,25)(H,22,27)(H,23,26)/t8-,9-,16-/m0/s1. The van der Waals surface area contributed by atoms with E-state index in [1.165, 1.54) is 23.1 Å². The van der Waals surface area contributed by atoms with Gasteiger partial charge in [0, 0.05) is 17.1 Å². The number of amidine groups is 1. The lowest BCUT2D eigenvalue weighted by Crippen LogP contribution is -2.49. The molecule has 1 fully saturated rings. The van der Waals surface area contributed by atoms with Gasteiger partial charge in [0.2, 0.25) is 0 Å². The molecule has 2 aromatic heterocycles. The number of carbonyl (C=O) groups excluding carboxylic acids is 1. The molecule has 162 valence electrons. The Kier molecular flexibility index (Phi) is 5.53. The maximum atomic E-state index is 12.9. The summed E-state index contributed by atoms with van der Waals surface area (Å²) in [6.07, 6.45) is -2.89. The number of amides is 1. The van der Waals surface area contributed by atoms with Crippen molar-refractivity contribution in [3.05, 3.63) is 33.5 Å². The summed E-state index contributed by atoms with van der Waals surface area (Å²) >= 11 is 2.89. The van der Waals surface area contributed by atoms with Crippen molar-refractivity contribution in [2.24, 2.45) is 16.6 Å². The third-order valence-electron chi connectivity index (χ3n) is 5.14. The van der Waals surface area contributed by atoms with E-state index in [9.17, 15) is 18.0 Å². The number of fused-ring (bicyclic) bond motifs is 1. The van der Waals surface area contributed by atoms with Crippen molar-refractivity contribution >= 4 is 34.2 Å². The summed E-state index contributed by atoms with van der Waals surface area (Å²) in [7, 11) is 0. The van der Waals surface area contributed by atoms with Gasteiger partial charge in [-0.05, 0) is 13.3 Å². The molecule has 4 rings (SSSR count). The highest BCUT2D eigenvalue weighted by Gasteiger charge is 2.49. The predicted octanol–water partition coefficient (Wildman–Crippen LogP) is 2.50. The number of alkyl halides is 3. The van der Waals surface area contributed by atoms with Crippen molar-refractivity contribution < 1.29 is 22.7 Å². The van der Waals surface area contributed by atoms with Crippen molar-refractivity contribution in [3.8, 4) is 0 Å². The number of thioether (sulfide) groups is 1. The van der Waals surface area contributed by atoms with Crippen LogP contribution in [-0.4, -0.2) is 44.7 Å². The highest BCUT2D eigenvalue weighted by Crippen LogP contribution is 2.46. The molecule has 2 aliphatic rings. The van der Waals surface area contributed by atoms with Crippen LogP contribution in [0.1, 0.15) is 40.1 Å². The molecule has 0 aromatic carbocycles. The van der Waals surface area contributed by atoms with Gasteiger partial charge in [-0.3, -0.25) is 9.89 Å². The number of halogens is 3. The SMILES string of the molecule is C[C@H]1C[C@H]2CSC(N)=N[C@@]2(c2nc(CNC(=O)c3cn[nH]c3C(F)(F)F)cs2)CO1. The van der Waals surface area contributed by atoms with Crippen LogP contribution in [0.4, 0.5) is 13.2 Å². The van der Waals surface area contributed by atoms with Crippen LogP contribution < -0.4 is 11.1 Å². The summed E-state index contributed by atoms with van der Waals surface area (Å²) in [4.78, 5) is 21.5. The highest BCUT2D eigenvalue weighted by atomic mass is 32.2. The highest BCUT2D eigenvalue weighted by molar-refractivity contribution is 8.13. The van der Waals surface area contributed by atoms with Crippen molar-refractivity contribution in [3.63, 3.8) is 0 Å². The minimum atomic E-state index is -4.69. The van der Waals surface area contributed by atoms with Crippen LogP contribution in [0.2, 0.25) is 0 Å². The van der Waals surface area contributed by atoms with E-state index in [-0.39, 0.29) is 18.6 Å². The first-order valence-electron chi connectivity index (χ1n) is 9.12. The summed E-state index contributed by atoms with van der Waals surface area (Å²) in [6, 6.07) is 0. The monoisotopic (exact) mass is 460 g/mol. The van der Waals surface area contributed by atoms with E-state index in [2.05, 4.69) is 20.4 Å². The van der Waals surface area contributed by atoms with Crippen LogP contribution in [0.25, 0.3) is 0 Å². The summed E-state index contributed by atoms with van der Waals surface area (Å²) in [5, 5.41) is 10.6. The molecule has 13 heteroatoms. The first kappa shape index (κ1) is 21.1. The summed E-state index contributed by atoms with van der Waals surface area (Å²) in [5.41, 5.74) is 4.10. The summed E-state index contributed by atoms with van der Waals surface area (Å²) in [5.74, 6) is 0.148. The number of H-pyrrole nitrogens is 1. The van der Waals surface area contributed by atoms with E-state index in [1.54, 1.807) is 5.38 Å². The van der Waals surface area contributed by atoms with Gasteiger partial charge in [-0.25, -0.2) is 9.98 Å². The molecule has 30 heavy (non-hydrogen) atoms. The number of aromatic amines is 1. The molecule has 0 spiro atoms. The van der Waals surface area contributed by atoms with Gasteiger partial charge >= 0.3 is 6.18 Å². The molecule has 8 nitrogen and oxygen atoms in total. The Hall–Kier alpha value is -2.12. The average Bonchev–Trinajstić information content (AvgIpc) is 3.36. The number of carbonyl (C=O) groups is 1. The van der Waals surface area contributed by atoms with Crippen molar-refractivity contribution in [2.75, 3.05) is 12.4 Å². The molecule has 0 radical (unpaired) electrons. The van der Waals surface area contributed by atoms with E-state index >= 15 is 0 Å². The Bertz CT molecular complexity index is 975. The maximum absolute atomic E-state index is 12.9. The normalized spacial score (nSPS) is 26.7. The van der Waals surface area contributed by atoms with E-state index in [0.717, 1.165) is 23.4 Å². The zero-order valence-electron chi connectivity index (χ0n) is 15.8. The van der Waals surface area contributed by atoms with Gasteiger partial charge in [0.25, 0.3) is 5.91 Å². The fraction of sp³-hybridized carbons (Fsp3) is 0.529. The Morgan fingerprint density at radius 2 is 2.30 bits per heavy atom. The van der Waals surface area contributed by atoms with Crippen LogP contribution in [0, 0.1) is 5.92 Å². The van der Waals surface area contributed by atoms with Gasteiger partial charge in [-0.1, -0.05) is 11.8 Å². The number of hydrogen-bond donors (Lipinski definition) is 3. The molecule has 2 aromatic rings. The predicted molar refractivity (Wildman–Crippen MR) is 106 cm³/mol.